The SMILES string of the molecule is CC(C)C(OC(=O)/C(=C/c1ccccc1)c1ccc(Cl)cc1)C(=O)NC(N)=O. The summed E-state index contributed by atoms with van der Waals surface area (Å²) in [4.78, 5) is 36.1. The minimum absolute atomic E-state index is 0.250. The van der Waals surface area contributed by atoms with Crippen LogP contribution in [0.25, 0.3) is 11.6 Å². The van der Waals surface area contributed by atoms with E-state index in [0.29, 0.717) is 10.6 Å². The van der Waals surface area contributed by atoms with E-state index < -0.39 is 24.0 Å². The zero-order valence-corrected chi connectivity index (χ0v) is 16.3. The molecule has 1 atom stereocenters. The van der Waals surface area contributed by atoms with E-state index in [-0.39, 0.29) is 11.5 Å². The third kappa shape index (κ3) is 5.96. The molecule has 146 valence electrons. The van der Waals surface area contributed by atoms with Crippen molar-refractivity contribution in [3.8, 4) is 0 Å². The first-order valence-electron chi connectivity index (χ1n) is 8.62. The van der Waals surface area contributed by atoms with Gasteiger partial charge in [-0.2, -0.15) is 0 Å². The van der Waals surface area contributed by atoms with Gasteiger partial charge in [0.1, 0.15) is 0 Å². The number of primary amides is 1. The average Bonchev–Trinajstić information content (AvgIpc) is 2.64. The maximum Gasteiger partial charge on any atom is 0.339 e. The summed E-state index contributed by atoms with van der Waals surface area (Å²) >= 11 is 5.94. The quantitative estimate of drug-likeness (QED) is 0.439. The van der Waals surface area contributed by atoms with Gasteiger partial charge in [-0.3, -0.25) is 10.1 Å². The molecular formula is C21H21ClN2O4. The zero-order valence-electron chi connectivity index (χ0n) is 15.5. The van der Waals surface area contributed by atoms with Crippen molar-refractivity contribution in [2.24, 2.45) is 11.7 Å². The van der Waals surface area contributed by atoms with Crippen LogP contribution in [0, 0.1) is 5.92 Å². The summed E-state index contributed by atoms with van der Waals surface area (Å²) in [6.45, 7) is 3.39. The Balaban J connectivity index is 2.37. The fourth-order valence-corrected chi connectivity index (χ4v) is 2.60. The Morgan fingerprint density at radius 2 is 1.64 bits per heavy atom. The number of nitrogens with one attached hydrogen (secondary N) is 1. The summed E-state index contributed by atoms with van der Waals surface area (Å²) in [6.07, 6.45) is 0.487. The third-order valence-electron chi connectivity index (χ3n) is 3.83. The molecule has 6 nitrogen and oxygen atoms in total. The molecule has 0 aliphatic carbocycles. The van der Waals surface area contributed by atoms with Gasteiger partial charge in [-0.1, -0.05) is 67.9 Å². The molecule has 28 heavy (non-hydrogen) atoms. The van der Waals surface area contributed by atoms with Crippen LogP contribution in [0.5, 0.6) is 0 Å². The van der Waals surface area contributed by atoms with Crippen LogP contribution < -0.4 is 11.1 Å². The molecule has 0 bridgehead atoms. The molecule has 0 aromatic heterocycles. The molecule has 2 aromatic rings. The molecule has 0 saturated heterocycles. The lowest BCUT2D eigenvalue weighted by atomic mass is 10.0. The molecule has 3 N–H and O–H groups in total. The first-order chi connectivity index (χ1) is 13.3. The molecular weight excluding hydrogens is 380 g/mol. The Morgan fingerprint density at radius 1 is 1.04 bits per heavy atom. The molecule has 0 aliphatic heterocycles. The molecule has 7 heteroatoms. The number of carbonyl (C=O) groups is 3. The molecule has 0 saturated carbocycles. The normalized spacial score (nSPS) is 12.4. The fraction of sp³-hybridized carbons (Fsp3) is 0.190. The number of imide groups is 1. The number of benzene rings is 2. The number of nitrogens with two attached hydrogens (primary N) is 1. The molecule has 2 aromatic carbocycles. The average molecular weight is 401 g/mol. The predicted octanol–water partition coefficient (Wildman–Crippen LogP) is 3.64. The second-order valence-electron chi connectivity index (χ2n) is 6.40. The third-order valence-corrected chi connectivity index (χ3v) is 4.08. The van der Waals surface area contributed by atoms with Gasteiger partial charge >= 0.3 is 12.0 Å². The van der Waals surface area contributed by atoms with E-state index >= 15 is 0 Å². The summed E-state index contributed by atoms with van der Waals surface area (Å²) in [6, 6.07) is 14.9. The van der Waals surface area contributed by atoms with E-state index in [2.05, 4.69) is 0 Å². The highest BCUT2D eigenvalue weighted by Gasteiger charge is 2.29. The largest absolute Gasteiger partial charge is 0.448 e. The van der Waals surface area contributed by atoms with Crippen LogP contribution in [0.2, 0.25) is 5.02 Å². The van der Waals surface area contributed by atoms with Crippen molar-refractivity contribution in [2.75, 3.05) is 0 Å². The molecule has 0 radical (unpaired) electrons. The van der Waals surface area contributed by atoms with Gasteiger partial charge < -0.3 is 10.5 Å². The van der Waals surface area contributed by atoms with Crippen molar-refractivity contribution >= 4 is 41.2 Å². The number of rotatable bonds is 6. The number of hydrogen-bond donors (Lipinski definition) is 2. The summed E-state index contributed by atoms with van der Waals surface area (Å²) in [5.74, 6) is -1.85. The summed E-state index contributed by atoms with van der Waals surface area (Å²) < 4.78 is 5.43. The summed E-state index contributed by atoms with van der Waals surface area (Å²) in [5, 5.41) is 2.48. The number of urea groups is 1. The minimum atomic E-state index is -1.17. The highest BCUT2D eigenvalue weighted by Crippen LogP contribution is 2.23. The van der Waals surface area contributed by atoms with Gasteiger partial charge in [-0.15, -0.1) is 0 Å². The van der Waals surface area contributed by atoms with Crippen molar-refractivity contribution in [3.05, 3.63) is 70.7 Å². The zero-order chi connectivity index (χ0) is 20.7. The van der Waals surface area contributed by atoms with E-state index in [9.17, 15) is 14.4 Å². The van der Waals surface area contributed by atoms with Crippen LogP contribution in [0.1, 0.15) is 25.0 Å². The van der Waals surface area contributed by atoms with Crippen molar-refractivity contribution in [1.29, 1.82) is 0 Å². The lowest BCUT2D eigenvalue weighted by molar-refractivity contribution is -0.152. The molecule has 2 rings (SSSR count). The Kier molecular flexibility index (Phi) is 7.35. The number of amides is 3. The van der Waals surface area contributed by atoms with Crippen LogP contribution >= 0.6 is 11.6 Å². The maximum atomic E-state index is 12.9. The van der Waals surface area contributed by atoms with Gasteiger partial charge in [0.15, 0.2) is 6.10 Å². The number of hydrogen-bond acceptors (Lipinski definition) is 4. The number of ether oxygens (including phenoxy) is 1. The van der Waals surface area contributed by atoms with Crippen molar-refractivity contribution in [3.63, 3.8) is 0 Å². The molecule has 0 fully saturated rings. The Morgan fingerprint density at radius 3 is 2.18 bits per heavy atom. The summed E-state index contributed by atoms with van der Waals surface area (Å²) in [5.41, 5.74) is 6.61. The van der Waals surface area contributed by atoms with Gasteiger partial charge in [0.2, 0.25) is 0 Å². The molecule has 3 amide bonds. The van der Waals surface area contributed by atoms with Crippen LogP contribution in [0.3, 0.4) is 0 Å². The standard InChI is InChI=1S/C21H21ClN2O4/c1-13(2)18(19(25)24-21(23)27)28-20(26)17(12-14-6-4-3-5-7-14)15-8-10-16(22)11-9-15/h3-13,18H,1-2H3,(H3,23,24,25,27)/b17-12+. The Hall–Kier alpha value is -3.12. The fourth-order valence-electron chi connectivity index (χ4n) is 2.47. The Bertz CT molecular complexity index is 877. The van der Waals surface area contributed by atoms with Crippen LogP contribution in [0.15, 0.2) is 54.6 Å². The minimum Gasteiger partial charge on any atom is -0.448 e. The predicted molar refractivity (Wildman–Crippen MR) is 108 cm³/mol. The Labute approximate surface area is 168 Å². The van der Waals surface area contributed by atoms with Crippen LogP contribution in [-0.4, -0.2) is 24.0 Å². The van der Waals surface area contributed by atoms with Gasteiger partial charge in [0, 0.05) is 5.02 Å². The number of halogens is 1. The van der Waals surface area contributed by atoms with Gasteiger partial charge in [0.25, 0.3) is 5.91 Å². The molecule has 0 heterocycles. The molecule has 1 unspecified atom stereocenters. The number of carbonyl (C=O) groups excluding carboxylic acids is 3. The highest BCUT2D eigenvalue weighted by atomic mass is 35.5. The first kappa shape index (κ1) is 21.2. The first-order valence-corrected chi connectivity index (χ1v) is 8.99. The second kappa shape index (κ2) is 9.71. The molecule has 0 spiro atoms. The van der Waals surface area contributed by atoms with E-state index in [1.54, 1.807) is 44.2 Å². The van der Waals surface area contributed by atoms with E-state index in [4.69, 9.17) is 22.1 Å². The lowest BCUT2D eigenvalue weighted by Crippen LogP contribution is -2.45. The van der Waals surface area contributed by atoms with Crippen molar-refractivity contribution in [1.82, 2.24) is 5.32 Å². The monoisotopic (exact) mass is 400 g/mol. The van der Waals surface area contributed by atoms with E-state index in [1.165, 1.54) is 0 Å². The number of esters is 1. The van der Waals surface area contributed by atoms with Crippen molar-refractivity contribution in [2.45, 2.75) is 20.0 Å². The van der Waals surface area contributed by atoms with Crippen LogP contribution in [-0.2, 0) is 14.3 Å². The van der Waals surface area contributed by atoms with Crippen LogP contribution in [0.4, 0.5) is 4.79 Å². The van der Waals surface area contributed by atoms with Crippen molar-refractivity contribution < 1.29 is 19.1 Å². The lowest BCUT2D eigenvalue weighted by Gasteiger charge is -2.21. The van der Waals surface area contributed by atoms with Gasteiger partial charge in [0.05, 0.1) is 5.57 Å². The second-order valence-corrected chi connectivity index (χ2v) is 6.84. The van der Waals surface area contributed by atoms with Gasteiger partial charge in [-0.25, -0.2) is 9.59 Å². The smallest absolute Gasteiger partial charge is 0.339 e. The van der Waals surface area contributed by atoms with Gasteiger partial charge in [-0.05, 0) is 35.3 Å². The topological polar surface area (TPSA) is 98.5 Å². The van der Waals surface area contributed by atoms with E-state index in [0.717, 1.165) is 5.56 Å². The summed E-state index contributed by atoms with van der Waals surface area (Å²) in [7, 11) is 0. The van der Waals surface area contributed by atoms with E-state index in [1.807, 2.05) is 35.6 Å². The highest BCUT2D eigenvalue weighted by molar-refractivity contribution is 6.30. The molecule has 0 aliphatic rings. The maximum absolute atomic E-state index is 12.9.